The van der Waals surface area contributed by atoms with Gasteiger partial charge in [0, 0.05) is 11.7 Å². The summed E-state index contributed by atoms with van der Waals surface area (Å²) in [6.45, 7) is 12.2. The van der Waals surface area contributed by atoms with Gasteiger partial charge in [-0.1, -0.05) is 31.2 Å². The molecule has 0 aliphatic heterocycles. The third kappa shape index (κ3) is 8.73. The summed E-state index contributed by atoms with van der Waals surface area (Å²) >= 11 is 0. The van der Waals surface area contributed by atoms with Crippen LogP contribution in [-0.4, -0.2) is 51.5 Å². The molecule has 10 nitrogen and oxygen atoms in total. The summed E-state index contributed by atoms with van der Waals surface area (Å²) in [6, 6.07) is 8.85. The molecule has 0 spiro atoms. The number of primary amides is 1. The van der Waals surface area contributed by atoms with Crippen LogP contribution in [-0.2, 0) is 19.1 Å². The van der Waals surface area contributed by atoms with Gasteiger partial charge in [-0.25, -0.2) is 4.79 Å². The Kier molecular flexibility index (Phi) is 10.5. The molecule has 2 aromatic rings. The van der Waals surface area contributed by atoms with Gasteiger partial charge in [0.25, 0.3) is 5.91 Å². The minimum absolute atomic E-state index is 0.0384. The Bertz CT molecular complexity index is 1210. The van der Waals surface area contributed by atoms with Gasteiger partial charge in [0.1, 0.15) is 23.4 Å². The molecule has 2 aromatic carbocycles. The molecule has 10 heteroatoms. The van der Waals surface area contributed by atoms with Crippen LogP contribution in [0.5, 0.6) is 5.75 Å². The molecule has 5 N–H and O–H groups in total. The molecule has 0 aromatic heterocycles. The number of hydrogen-bond donors (Lipinski definition) is 4. The smallest absolute Gasteiger partial charge is 0.408 e. The molecule has 3 unspecified atom stereocenters. The van der Waals surface area contributed by atoms with E-state index in [9.17, 15) is 24.3 Å². The van der Waals surface area contributed by atoms with E-state index >= 15 is 0 Å². The van der Waals surface area contributed by atoms with E-state index in [0.717, 1.165) is 5.56 Å². The van der Waals surface area contributed by atoms with Crippen molar-refractivity contribution in [2.24, 2.45) is 5.73 Å². The average molecular weight is 541 g/mol. The number of amides is 4. The summed E-state index contributed by atoms with van der Waals surface area (Å²) in [5.41, 5.74) is 6.94. The van der Waals surface area contributed by atoms with E-state index in [4.69, 9.17) is 10.5 Å². The number of phenols is 1. The first kappa shape index (κ1) is 31.1. The van der Waals surface area contributed by atoms with E-state index < -0.39 is 54.0 Å². The lowest BCUT2D eigenvalue weighted by atomic mass is 9.97. The van der Waals surface area contributed by atoms with Gasteiger partial charge in [-0.15, -0.1) is 0 Å². The minimum atomic E-state index is -1.38. The second-order valence-corrected chi connectivity index (χ2v) is 10.6. The summed E-state index contributed by atoms with van der Waals surface area (Å²) in [6.07, 6.45) is -0.925. The van der Waals surface area contributed by atoms with Crippen LogP contribution in [0.4, 0.5) is 10.5 Å². The number of hydrogen-bond acceptors (Lipinski definition) is 6. The molecule has 0 heterocycles. The number of benzene rings is 2. The van der Waals surface area contributed by atoms with Crippen LogP contribution in [0.3, 0.4) is 0 Å². The number of aromatic hydroxyl groups is 1. The maximum absolute atomic E-state index is 14.1. The van der Waals surface area contributed by atoms with Crippen molar-refractivity contribution in [3.63, 3.8) is 0 Å². The van der Waals surface area contributed by atoms with Crippen LogP contribution in [0, 0.1) is 13.8 Å². The minimum Gasteiger partial charge on any atom is -0.508 e. The Morgan fingerprint density at radius 3 is 2.23 bits per heavy atom. The molecule has 0 aliphatic rings. The standard InChI is InChI=1S/C29H40N4O6/c1-8-19(4)33(27(37)22(16-24(30)35)32-28(38)39-29(5,6)7)25(20-13-14-23(34)18(3)15-20)26(36)31-21-12-10-9-11-17(21)2/h9-15,19,22,25,34H,8,16H2,1-7H3,(H2,30,35)(H,31,36)(H,32,38). The van der Waals surface area contributed by atoms with Crippen LogP contribution < -0.4 is 16.4 Å². The van der Waals surface area contributed by atoms with Crippen LogP contribution in [0.15, 0.2) is 42.5 Å². The summed E-state index contributed by atoms with van der Waals surface area (Å²) < 4.78 is 5.30. The van der Waals surface area contributed by atoms with Crippen LogP contribution in [0.25, 0.3) is 0 Å². The van der Waals surface area contributed by atoms with Crippen molar-refractivity contribution in [1.29, 1.82) is 0 Å². The third-order valence-electron chi connectivity index (χ3n) is 6.18. The molecule has 2 rings (SSSR count). The van der Waals surface area contributed by atoms with E-state index in [2.05, 4.69) is 10.6 Å². The third-order valence-corrected chi connectivity index (χ3v) is 6.18. The molecule has 0 bridgehead atoms. The van der Waals surface area contributed by atoms with Gasteiger partial charge in [-0.2, -0.15) is 0 Å². The van der Waals surface area contributed by atoms with Gasteiger partial charge in [0.2, 0.25) is 11.8 Å². The molecule has 212 valence electrons. The molecular weight excluding hydrogens is 500 g/mol. The second kappa shape index (κ2) is 13.1. The number of ether oxygens (including phenoxy) is 1. The SMILES string of the molecule is CCC(C)N(C(=O)C(CC(N)=O)NC(=O)OC(C)(C)C)C(C(=O)Nc1ccccc1C)c1ccc(O)c(C)c1. The fourth-order valence-electron chi connectivity index (χ4n) is 4.03. The lowest BCUT2D eigenvalue weighted by Crippen LogP contribution is -2.55. The molecule has 0 radical (unpaired) electrons. The summed E-state index contributed by atoms with van der Waals surface area (Å²) in [7, 11) is 0. The van der Waals surface area contributed by atoms with E-state index in [-0.39, 0.29) is 5.75 Å². The maximum atomic E-state index is 14.1. The largest absolute Gasteiger partial charge is 0.508 e. The Morgan fingerprint density at radius 2 is 1.69 bits per heavy atom. The lowest BCUT2D eigenvalue weighted by molar-refractivity contribution is -0.144. The number of phenolic OH excluding ortho intramolecular Hbond substituents is 1. The van der Waals surface area contributed by atoms with Gasteiger partial charge in [-0.05, 0) is 82.9 Å². The number of nitrogens with zero attached hydrogens (tertiary/aromatic N) is 1. The maximum Gasteiger partial charge on any atom is 0.408 e. The number of nitrogens with one attached hydrogen (secondary N) is 2. The molecule has 0 aliphatic carbocycles. The molecular formula is C29H40N4O6. The summed E-state index contributed by atoms with van der Waals surface area (Å²) in [4.78, 5) is 53.9. The van der Waals surface area contributed by atoms with Gasteiger partial charge in [-0.3, -0.25) is 14.4 Å². The topological polar surface area (TPSA) is 151 Å². The quantitative estimate of drug-likeness (QED) is 0.356. The van der Waals surface area contributed by atoms with Crippen LogP contribution >= 0.6 is 0 Å². The zero-order valence-electron chi connectivity index (χ0n) is 23.7. The van der Waals surface area contributed by atoms with Crippen molar-refractivity contribution in [2.45, 2.75) is 85.0 Å². The number of carbonyl (C=O) groups excluding carboxylic acids is 4. The van der Waals surface area contributed by atoms with Crippen LogP contribution in [0.1, 0.15) is 70.2 Å². The molecule has 0 saturated heterocycles. The molecule has 39 heavy (non-hydrogen) atoms. The van der Waals surface area contributed by atoms with Gasteiger partial charge >= 0.3 is 6.09 Å². The van der Waals surface area contributed by atoms with Crippen LogP contribution in [0.2, 0.25) is 0 Å². The normalized spacial score (nSPS) is 13.5. The van der Waals surface area contributed by atoms with E-state index in [0.29, 0.717) is 23.2 Å². The number of nitrogens with two attached hydrogens (primary N) is 1. The fraction of sp³-hybridized carbons (Fsp3) is 0.448. The highest BCUT2D eigenvalue weighted by atomic mass is 16.6. The molecule has 4 amide bonds. The first-order valence-electron chi connectivity index (χ1n) is 12.9. The monoisotopic (exact) mass is 540 g/mol. The Labute approximate surface area is 229 Å². The van der Waals surface area contributed by atoms with Crippen molar-refractivity contribution in [3.8, 4) is 5.75 Å². The number of alkyl carbamates (subject to hydrolysis) is 1. The van der Waals surface area contributed by atoms with Gasteiger partial charge in [0.15, 0.2) is 0 Å². The fourth-order valence-corrected chi connectivity index (χ4v) is 4.03. The van der Waals surface area contributed by atoms with Crippen molar-refractivity contribution in [2.75, 3.05) is 5.32 Å². The predicted octanol–water partition coefficient (Wildman–Crippen LogP) is 4.08. The summed E-state index contributed by atoms with van der Waals surface area (Å²) in [5, 5.41) is 15.5. The molecule has 0 saturated carbocycles. The number of anilines is 1. The first-order chi connectivity index (χ1) is 18.1. The lowest BCUT2D eigenvalue weighted by Gasteiger charge is -2.38. The number of aryl methyl sites for hydroxylation is 2. The van der Waals surface area contributed by atoms with E-state index in [1.807, 2.05) is 26.0 Å². The van der Waals surface area contributed by atoms with E-state index in [1.165, 1.54) is 11.0 Å². The van der Waals surface area contributed by atoms with Crippen molar-refractivity contribution in [3.05, 3.63) is 59.2 Å². The van der Waals surface area contributed by atoms with E-state index in [1.54, 1.807) is 58.9 Å². The van der Waals surface area contributed by atoms with Gasteiger partial charge < -0.3 is 31.1 Å². The zero-order valence-corrected chi connectivity index (χ0v) is 23.7. The average Bonchev–Trinajstić information content (AvgIpc) is 2.83. The highest BCUT2D eigenvalue weighted by Crippen LogP contribution is 2.31. The van der Waals surface area contributed by atoms with Crippen molar-refractivity contribution >= 4 is 29.5 Å². The second-order valence-electron chi connectivity index (χ2n) is 10.6. The number of para-hydroxylation sites is 1. The Morgan fingerprint density at radius 1 is 1.05 bits per heavy atom. The van der Waals surface area contributed by atoms with Crippen molar-refractivity contribution in [1.82, 2.24) is 10.2 Å². The van der Waals surface area contributed by atoms with Crippen molar-refractivity contribution < 1.29 is 29.0 Å². The zero-order chi connectivity index (χ0) is 29.5. The summed E-state index contributed by atoms with van der Waals surface area (Å²) in [5.74, 6) is -1.95. The predicted molar refractivity (Wildman–Crippen MR) is 149 cm³/mol. The number of rotatable bonds is 10. The number of carbonyl (C=O) groups is 4. The Balaban J connectivity index is 2.62. The molecule has 3 atom stereocenters. The highest BCUT2D eigenvalue weighted by molar-refractivity contribution is 6.00. The van der Waals surface area contributed by atoms with Gasteiger partial charge in [0.05, 0.1) is 6.42 Å². The Hall–Kier alpha value is -4.08. The highest BCUT2D eigenvalue weighted by Gasteiger charge is 2.39. The first-order valence-corrected chi connectivity index (χ1v) is 12.9. The molecule has 0 fully saturated rings.